The molecule has 6 heteroatoms. The van der Waals surface area contributed by atoms with E-state index >= 15 is 0 Å². The van der Waals surface area contributed by atoms with Crippen molar-refractivity contribution in [2.24, 2.45) is 5.73 Å². The molecule has 0 radical (unpaired) electrons. The number of alkyl halides is 2. The molecule has 0 heterocycles. The number of aliphatic carboxylic acids is 1. The highest BCUT2D eigenvalue weighted by molar-refractivity contribution is 5.83. The third-order valence-corrected chi connectivity index (χ3v) is 2.46. The van der Waals surface area contributed by atoms with Crippen molar-refractivity contribution in [3.63, 3.8) is 0 Å². The summed E-state index contributed by atoms with van der Waals surface area (Å²) in [6.45, 7) is -0.794. The molecular weight excluding hydrogens is 220 g/mol. The summed E-state index contributed by atoms with van der Waals surface area (Å²) < 4.78 is 25.8. The first kappa shape index (κ1) is 12.4. The van der Waals surface area contributed by atoms with Crippen molar-refractivity contribution in [2.75, 3.05) is 6.54 Å². The monoisotopic (exact) mass is 231 g/mol. The maximum atomic E-state index is 12.9. The van der Waals surface area contributed by atoms with Crippen molar-refractivity contribution in [1.82, 2.24) is 0 Å². The lowest BCUT2D eigenvalue weighted by atomic mass is 9.80. The van der Waals surface area contributed by atoms with Crippen LogP contribution in [0, 0.1) is 0 Å². The summed E-state index contributed by atoms with van der Waals surface area (Å²) in [5.41, 5.74) is 2.20. The summed E-state index contributed by atoms with van der Waals surface area (Å²) in [5, 5.41) is 18.3. The topological polar surface area (TPSA) is 83.6 Å². The van der Waals surface area contributed by atoms with Crippen molar-refractivity contribution in [2.45, 2.75) is 11.8 Å². The van der Waals surface area contributed by atoms with Gasteiger partial charge in [0.05, 0.1) is 0 Å². The minimum absolute atomic E-state index is 0.375. The van der Waals surface area contributed by atoms with Gasteiger partial charge < -0.3 is 15.9 Å². The number of para-hydroxylation sites is 1. The van der Waals surface area contributed by atoms with Crippen LogP contribution >= 0.6 is 0 Å². The SMILES string of the molecule is NCC(C(=O)O)(c1ccccc1O)C(F)F. The minimum Gasteiger partial charge on any atom is -0.508 e. The molecule has 0 aromatic heterocycles. The lowest BCUT2D eigenvalue weighted by molar-refractivity contribution is -0.150. The smallest absolute Gasteiger partial charge is 0.321 e. The Morgan fingerprint density at radius 1 is 1.44 bits per heavy atom. The lowest BCUT2D eigenvalue weighted by Gasteiger charge is -2.27. The van der Waals surface area contributed by atoms with Crippen LogP contribution in [0.2, 0.25) is 0 Å². The summed E-state index contributed by atoms with van der Waals surface area (Å²) in [6, 6.07) is 5.05. The fraction of sp³-hybridized carbons (Fsp3) is 0.300. The van der Waals surface area contributed by atoms with Crippen LogP contribution in [0.4, 0.5) is 8.78 Å². The number of aromatic hydroxyl groups is 1. The second kappa shape index (κ2) is 4.44. The maximum Gasteiger partial charge on any atom is 0.321 e. The molecule has 1 unspecified atom stereocenters. The highest BCUT2D eigenvalue weighted by atomic mass is 19.3. The third-order valence-electron chi connectivity index (χ3n) is 2.46. The van der Waals surface area contributed by atoms with Crippen LogP contribution in [0.3, 0.4) is 0 Å². The average Bonchev–Trinajstić information content (AvgIpc) is 2.21. The van der Waals surface area contributed by atoms with E-state index in [1.54, 1.807) is 0 Å². The van der Waals surface area contributed by atoms with Gasteiger partial charge in [-0.05, 0) is 6.07 Å². The van der Waals surface area contributed by atoms with Gasteiger partial charge in [0.25, 0.3) is 6.43 Å². The number of hydrogen-bond acceptors (Lipinski definition) is 3. The zero-order chi connectivity index (χ0) is 12.3. The normalized spacial score (nSPS) is 14.8. The Morgan fingerprint density at radius 3 is 2.38 bits per heavy atom. The molecular formula is C10H11F2NO3. The lowest BCUT2D eigenvalue weighted by Crippen LogP contribution is -2.49. The van der Waals surface area contributed by atoms with Crippen molar-refractivity contribution >= 4 is 5.97 Å². The molecule has 0 aliphatic rings. The number of phenolic OH excluding ortho intramolecular Hbond substituents is 1. The quantitative estimate of drug-likeness (QED) is 0.720. The van der Waals surface area contributed by atoms with E-state index in [9.17, 15) is 18.7 Å². The molecule has 0 aliphatic carbocycles. The number of carboxylic acids is 1. The molecule has 1 aromatic rings. The first-order chi connectivity index (χ1) is 7.46. The summed E-state index contributed by atoms with van der Waals surface area (Å²) >= 11 is 0. The van der Waals surface area contributed by atoms with Crippen LogP contribution < -0.4 is 5.73 Å². The van der Waals surface area contributed by atoms with Crippen LogP contribution in [-0.2, 0) is 10.2 Å². The molecule has 1 atom stereocenters. The summed E-state index contributed by atoms with van der Waals surface area (Å²) in [4.78, 5) is 11.0. The number of rotatable bonds is 4. The van der Waals surface area contributed by atoms with Crippen molar-refractivity contribution in [1.29, 1.82) is 0 Å². The zero-order valence-electron chi connectivity index (χ0n) is 8.23. The molecule has 0 saturated carbocycles. The molecule has 0 fully saturated rings. The molecule has 0 bridgehead atoms. The Hall–Kier alpha value is -1.69. The maximum absolute atomic E-state index is 12.9. The second-order valence-electron chi connectivity index (χ2n) is 3.30. The number of nitrogens with two attached hydrogens (primary N) is 1. The second-order valence-corrected chi connectivity index (χ2v) is 3.30. The van der Waals surface area contributed by atoms with E-state index in [1.807, 2.05) is 0 Å². The number of carbonyl (C=O) groups is 1. The Labute approximate surface area is 90.3 Å². The standard InChI is InChI=1S/C10H11F2NO3/c11-8(12)10(5-13,9(15)16)6-3-1-2-4-7(6)14/h1-4,8,14H,5,13H2,(H,15,16). The molecule has 1 aromatic carbocycles. The first-order valence-corrected chi connectivity index (χ1v) is 4.47. The van der Waals surface area contributed by atoms with Gasteiger partial charge in [-0.15, -0.1) is 0 Å². The number of carboxylic acid groups (broad SMARTS) is 1. The van der Waals surface area contributed by atoms with Gasteiger partial charge in [-0.25, -0.2) is 8.78 Å². The molecule has 88 valence electrons. The summed E-state index contributed by atoms with van der Waals surface area (Å²) in [6.07, 6.45) is -3.21. The molecule has 16 heavy (non-hydrogen) atoms. The number of halogens is 2. The van der Waals surface area contributed by atoms with E-state index in [0.29, 0.717) is 0 Å². The largest absolute Gasteiger partial charge is 0.508 e. The Balaban J connectivity index is 3.43. The van der Waals surface area contributed by atoms with Gasteiger partial charge >= 0.3 is 5.97 Å². The molecule has 0 amide bonds. The van der Waals surface area contributed by atoms with Crippen LogP contribution in [0.25, 0.3) is 0 Å². The van der Waals surface area contributed by atoms with Gasteiger partial charge in [0.2, 0.25) is 0 Å². The van der Waals surface area contributed by atoms with E-state index < -0.39 is 30.1 Å². The van der Waals surface area contributed by atoms with E-state index in [0.717, 1.165) is 12.1 Å². The van der Waals surface area contributed by atoms with Gasteiger partial charge in [0, 0.05) is 12.1 Å². The van der Waals surface area contributed by atoms with Gasteiger partial charge in [0.15, 0.2) is 5.41 Å². The van der Waals surface area contributed by atoms with E-state index in [2.05, 4.69) is 0 Å². The fourth-order valence-corrected chi connectivity index (χ4v) is 1.46. The first-order valence-electron chi connectivity index (χ1n) is 4.47. The number of hydrogen-bond donors (Lipinski definition) is 3. The van der Waals surface area contributed by atoms with E-state index in [-0.39, 0.29) is 5.56 Å². The van der Waals surface area contributed by atoms with Crippen LogP contribution in [-0.4, -0.2) is 29.2 Å². The average molecular weight is 231 g/mol. The van der Waals surface area contributed by atoms with Gasteiger partial charge in [0.1, 0.15) is 5.75 Å². The molecule has 0 saturated heterocycles. The van der Waals surface area contributed by atoms with Crippen LogP contribution in [0.5, 0.6) is 5.75 Å². The number of phenols is 1. The highest BCUT2D eigenvalue weighted by Crippen LogP contribution is 2.36. The van der Waals surface area contributed by atoms with Crippen LogP contribution in [0.1, 0.15) is 5.56 Å². The molecule has 0 aliphatic heterocycles. The Bertz CT molecular complexity index is 397. The molecule has 0 spiro atoms. The van der Waals surface area contributed by atoms with Crippen molar-refractivity contribution in [3.05, 3.63) is 29.8 Å². The Kier molecular flexibility index (Phi) is 3.44. The molecule has 4 nitrogen and oxygen atoms in total. The van der Waals surface area contributed by atoms with E-state index in [4.69, 9.17) is 10.8 Å². The van der Waals surface area contributed by atoms with Crippen LogP contribution in [0.15, 0.2) is 24.3 Å². The molecule has 1 rings (SSSR count). The highest BCUT2D eigenvalue weighted by Gasteiger charge is 2.49. The summed E-state index contributed by atoms with van der Waals surface area (Å²) in [7, 11) is 0. The Morgan fingerprint density at radius 2 is 2.00 bits per heavy atom. The van der Waals surface area contributed by atoms with E-state index in [1.165, 1.54) is 12.1 Å². The summed E-state index contributed by atoms with van der Waals surface area (Å²) in [5.74, 6) is -2.26. The van der Waals surface area contributed by atoms with Gasteiger partial charge in [-0.3, -0.25) is 4.79 Å². The van der Waals surface area contributed by atoms with Gasteiger partial charge in [-0.2, -0.15) is 0 Å². The van der Waals surface area contributed by atoms with Crippen molar-refractivity contribution in [3.8, 4) is 5.75 Å². The predicted molar refractivity (Wildman–Crippen MR) is 52.5 cm³/mol. The van der Waals surface area contributed by atoms with Crippen molar-refractivity contribution < 1.29 is 23.8 Å². The molecule has 4 N–H and O–H groups in total. The zero-order valence-corrected chi connectivity index (χ0v) is 8.23. The fourth-order valence-electron chi connectivity index (χ4n) is 1.46. The predicted octanol–water partition coefficient (Wildman–Crippen LogP) is 0.938. The minimum atomic E-state index is -3.21. The van der Waals surface area contributed by atoms with Gasteiger partial charge in [-0.1, -0.05) is 18.2 Å². The number of benzene rings is 1. The third kappa shape index (κ3) is 1.71.